The summed E-state index contributed by atoms with van der Waals surface area (Å²) in [4.78, 5) is 16.4. The van der Waals surface area contributed by atoms with E-state index in [0.29, 0.717) is 35.1 Å². The molecule has 0 bridgehead atoms. The maximum absolute atomic E-state index is 12.4. The molecule has 26 heavy (non-hydrogen) atoms. The van der Waals surface area contributed by atoms with Crippen molar-refractivity contribution < 1.29 is 13.2 Å². The number of amides is 1. The van der Waals surface area contributed by atoms with Crippen LogP contribution >= 0.6 is 11.6 Å². The lowest BCUT2D eigenvalue weighted by atomic mass is 10.1. The largest absolute Gasteiger partial charge is 0.326 e. The van der Waals surface area contributed by atoms with Gasteiger partial charge in [-0.3, -0.25) is 14.5 Å². The summed E-state index contributed by atoms with van der Waals surface area (Å²) in [6.07, 6.45) is 1.56. The molecule has 0 saturated heterocycles. The second-order valence-electron chi connectivity index (χ2n) is 5.88. The molecule has 3 rings (SSSR count). The van der Waals surface area contributed by atoms with Gasteiger partial charge in [-0.05, 0) is 36.2 Å². The Morgan fingerprint density at radius 1 is 1.15 bits per heavy atom. The molecule has 0 radical (unpaired) electrons. The topological polar surface area (TPSA) is 87.6 Å². The third-order valence-corrected chi connectivity index (χ3v) is 5.61. The Morgan fingerprint density at radius 2 is 1.96 bits per heavy atom. The summed E-state index contributed by atoms with van der Waals surface area (Å²) in [5, 5.41) is 3.22. The zero-order valence-electron chi connectivity index (χ0n) is 13.9. The summed E-state index contributed by atoms with van der Waals surface area (Å²) in [7, 11) is -3.72. The van der Waals surface area contributed by atoms with Gasteiger partial charge in [0.05, 0.1) is 11.3 Å². The average molecular weight is 392 g/mol. The molecule has 0 spiro atoms. The van der Waals surface area contributed by atoms with Crippen LogP contribution in [0.15, 0.2) is 58.4 Å². The van der Waals surface area contributed by atoms with Crippen LogP contribution in [0.1, 0.15) is 18.4 Å². The Kier molecular flexibility index (Phi) is 5.58. The van der Waals surface area contributed by atoms with Crippen molar-refractivity contribution in [3.63, 3.8) is 0 Å². The van der Waals surface area contributed by atoms with Crippen molar-refractivity contribution in [3.8, 4) is 0 Å². The summed E-state index contributed by atoms with van der Waals surface area (Å²) < 4.78 is 27.4. The molecule has 136 valence electrons. The zero-order chi connectivity index (χ0) is 18.6. The molecule has 0 fully saturated rings. The molecule has 0 atom stereocenters. The van der Waals surface area contributed by atoms with E-state index in [4.69, 9.17) is 11.6 Å². The van der Waals surface area contributed by atoms with Gasteiger partial charge in [-0.1, -0.05) is 35.9 Å². The number of amidine groups is 1. The number of nitrogens with one attached hydrogen (secondary N) is 2. The molecule has 1 heterocycles. The van der Waals surface area contributed by atoms with Gasteiger partial charge < -0.3 is 5.32 Å². The smallest absolute Gasteiger partial charge is 0.262 e. The summed E-state index contributed by atoms with van der Waals surface area (Å²) in [6.45, 7) is 0.635. The van der Waals surface area contributed by atoms with Gasteiger partial charge in [-0.25, -0.2) is 8.42 Å². The number of hydrogen-bond donors (Lipinski definition) is 2. The molecule has 0 aromatic heterocycles. The normalized spacial score (nSPS) is 14.0. The van der Waals surface area contributed by atoms with Gasteiger partial charge in [0.25, 0.3) is 10.0 Å². The van der Waals surface area contributed by atoms with Gasteiger partial charge in [0.1, 0.15) is 5.84 Å². The average Bonchev–Trinajstić information content (AvgIpc) is 3.09. The quantitative estimate of drug-likeness (QED) is 0.821. The Hall–Kier alpha value is -2.38. The van der Waals surface area contributed by atoms with Crippen LogP contribution in [0.4, 0.5) is 5.69 Å². The van der Waals surface area contributed by atoms with Crippen LogP contribution in [0.2, 0.25) is 5.02 Å². The number of hydrogen-bond acceptors (Lipinski definition) is 4. The molecular weight excluding hydrogens is 374 g/mol. The van der Waals surface area contributed by atoms with E-state index >= 15 is 0 Å². The molecule has 0 unspecified atom stereocenters. The molecule has 1 aliphatic rings. The highest BCUT2D eigenvalue weighted by Gasteiger charge is 2.18. The van der Waals surface area contributed by atoms with E-state index in [9.17, 15) is 13.2 Å². The minimum absolute atomic E-state index is 0.0719. The third-order valence-electron chi connectivity index (χ3n) is 3.86. The number of aliphatic imine (C=N–C) groups is 1. The number of rotatable bonds is 5. The summed E-state index contributed by atoms with van der Waals surface area (Å²) in [5.74, 6) is 0.193. The van der Waals surface area contributed by atoms with Gasteiger partial charge in [0.15, 0.2) is 0 Å². The van der Waals surface area contributed by atoms with Crippen LogP contribution in [0.3, 0.4) is 0 Å². The Labute approximate surface area is 157 Å². The molecular formula is C18H18ClN3O3S. The van der Waals surface area contributed by atoms with E-state index in [2.05, 4.69) is 15.0 Å². The monoisotopic (exact) mass is 391 g/mol. The van der Waals surface area contributed by atoms with Gasteiger partial charge in [0, 0.05) is 23.7 Å². The molecule has 0 saturated carbocycles. The lowest BCUT2D eigenvalue weighted by Gasteiger charge is -2.10. The van der Waals surface area contributed by atoms with Gasteiger partial charge in [-0.15, -0.1) is 0 Å². The van der Waals surface area contributed by atoms with Gasteiger partial charge in [-0.2, -0.15) is 0 Å². The van der Waals surface area contributed by atoms with Gasteiger partial charge >= 0.3 is 0 Å². The molecule has 1 aliphatic heterocycles. The van der Waals surface area contributed by atoms with Crippen molar-refractivity contribution in [2.24, 2.45) is 4.99 Å². The highest BCUT2D eigenvalue weighted by molar-refractivity contribution is 7.90. The van der Waals surface area contributed by atoms with Crippen molar-refractivity contribution in [1.82, 2.24) is 4.72 Å². The Bertz CT molecular complexity index is 958. The van der Waals surface area contributed by atoms with E-state index in [1.165, 1.54) is 12.1 Å². The fourth-order valence-electron chi connectivity index (χ4n) is 2.60. The molecule has 2 aromatic rings. The minimum Gasteiger partial charge on any atom is -0.326 e. The fourth-order valence-corrected chi connectivity index (χ4v) is 3.93. The first-order valence-corrected chi connectivity index (χ1v) is 10.00. The molecule has 6 nitrogen and oxygen atoms in total. The third kappa shape index (κ3) is 4.62. The molecule has 0 aliphatic carbocycles. The molecule has 2 N–H and O–H groups in total. The van der Waals surface area contributed by atoms with E-state index < -0.39 is 10.0 Å². The van der Waals surface area contributed by atoms with Crippen LogP contribution in [-0.4, -0.2) is 26.7 Å². The number of benzene rings is 2. The maximum atomic E-state index is 12.4. The van der Waals surface area contributed by atoms with Crippen LogP contribution in [-0.2, 0) is 21.2 Å². The number of carbonyl (C=O) groups excluding carboxylic acids is 1. The number of halogens is 1. The Morgan fingerprint density at radius 3 is 2.69 bits per heavy atom. The SMILES string of the molecule is O=C(Cc1ccccc1Cl)Nc1cccc(S(=O)(=O)NC2=NCCC2)c1. The highest BCUT2D eigenvalue weighted by Crippen LogP contribution is 2.19. The summed E-state index contributed by atoms with van der Waals surface area (Å²) in [6, 6.07) is 13.2. The van der Waals surface area contributed by atoms with Crippen LogP contribution in [0.25, 0.3) is 0 Å². The van der Waals surface area contributed by atoms with E-state index in [1.54, 1.807) is 36.4 Å². The molecule has 1 amide bonds. The van der Waals surface area contributed by atoms with Crippen molar-refractivity contribution in [1.29, 1.82) is 0 Å². The lowest BCUT2D eigenvalue weighted by molar-refractivity contribution is -0.115. The number of nitrogens with zero attached hydrogens (tertiary/aromatic N) is 1. The second-order valence-corrected chi connectivity index (χ2v) is 7.97. The van der Waals surface area contributed by atoms with Crippen molar-refractivity contribution in [2.75, 3.05) is 11.9 Å². The van der Waals surface area contributed by atoms with Crippen LogP contribution in [0, 0.1) is 0 Å². The van der Waals surface area contributed by atoms with Crippen molar-refractivity contribution in [2.45, 2.75) is 24.2 Å². The summed E-state index contributed by atoms with van der Waals surface area (Å²) >= 11 is 6.06. The lowest BCUT2D eigenvalue weighted by Crippen LogP contribution is -2.29. The fraction of sp³-hybridized carbons (Fsp3) is 0.222. The maximum Gasteiger partial charge on any atom is 0.262 e. The predicted octanol–water partition coefficient (Wildman–Crippen LogP) is 2.99. The first-order valence-electron chi connectivity index (χ1n) is 8.13. The number of sulfonamides is 1. The van der Waals surface area contributed by atoms with Crippen molar-refractivity contribution in [3.05, 3.63) is 59.1 Å². The molecule has 8 heteroatoms. The minimum atomic E-state index is -3.72. The number of carbonyl (C=O) groups is 1. The van der Waals surface area contributed by atoms with E-state index in [0.717, 1.165) is 6.42 Å². The zero-order valence-corrected chi connectivity index (χ0v) is 15.5. The highest BCUT2D eigenvalue weighted by atomic mass is 35.5. The first-order chi connectivity index (χ1) is 12.4. The number of anilines is 1. The summed E-state index contributed by atoms with van der Waals surface area (Å²) in [5.41, 5.74) is 1.11. The van der Waals surface area contributed by atoms with E-state index in [-0.39, 0.29) is 17.2 Å². The standard InChI is InChI=1S/C18H18ClN3O3S/c19-16-8-2-1-5-13(16)11-18(23)21-14-6-3-7-15(12-14)26(24,25)22-17-9-4-10-20-17/h1-3,5-8,12H,4,9-11H2,(H,20,22)(H,21,23). The second kappa shape index (κ2) is 7.88. The van der Waals surface area contributed by atoms with Crippen LogP contribution in [0.5, 0.6) is 0 Å². The van der Waals surface area contributed by atoms with Crippen LogP contribution < -0.4 is 10.0 Å². The molecule has 2 aromatic carbocycles. The Balaban J connectivity index is 1.71. The predicted molar refractivity (Wildman–Crippen MR) is 102 cm³/mol. The van der Waals surface area contributed by atoms with E-state index in [1.807, 2.05) is 0 Å². The first kappa shape index (κ1) is 18.4. The van der Waals surface area contributed by atoms with Crippen molar-refractivity contribution >= 4 is 39.1 Å². The van der Waals surface area contributed by atoms with Gasteiger partial charge in [0.2, 0.25) is 5.91 Å².